The summed E-state index contributed by atoms with van der Waals surface area (Å²) in [4.78, 5) is 25.5. The molecule has 4 nitrogen and oxygen atoms in total. The molecule has 0 saturated heterocycles. The molecule has 0 atom stereocenters. The van der Waals surface area contributed by atoms with Crippen molar-refractivity contribution in [2.75, 3.05) is 13.1 Å². The SMILES string of the molecule is O=C(CNC(=O)Cc1ccc(Cl)cc1)NCC1(c2cccs2)CCCC1. The van der Waals surface area contributed by atoms with Crippen LogP contribution in [-0.2, 0) is 21.4 Å². The normalized spacial score (nSPS) is 15.6. The molecule has 1 fully saturated rings. The molecule has 6 heteroatoms. The standard InChI is InChI=1S/C20H23ClN2O2S/c21-16-7-5-15(6-8-16)12-18(24)22-13-19(25)23-14-20(9-1-2-10-20)17-4-3-11-26-17/h3-8,11H,1-2,9-10,12-14H2,(H,22,24)(H,23,25). The van der Waals surface area contributed by atoms with Crippen LogP contribution in [0, 0.1) is 0 Å². The predicted octanol–water partition coefficient (Wildman–Crippen LogP) is 3.69. The van der Waals surface area contributed by atoms with Crippen molar-refractivity contribution in [2.24, 2.45) is 0 Å². The van der Waals surface area contributed by atoms with Crippen LogP contribution in [0.3, 0.4) is 0 Å². The Hall–Kier alpha value is -1.85. The van der Waals surface area contributed by atoms with E-state index in [1.54, 1.807) is 23.5 Å². The Morgan fingerprint density at radius 3 is 2.42 bits per heavy atom. The molecule has 1 aliphatic rings. The first kappa shape index (κ1) is 18.9. The molecule has 2 aromatic rings. The van der Waals surface area contributed by atoms with Gasteiger partial charge in [0.15, 0.2) is 0 Å². The first-order valence-electron chi connectivity index (χ1n) is 8.89. The Balaban J connectivity index is 1.45. The third-order valence-corrected chi connectivity index (χ3v) is 6.32. The molecule has 2 N–H and O–H groups in total. The summed E-state index contributed by atoms with van der Waals surface area (Å²) >= 11 is 7.60. The zero-order chi connectivity index (χ0) is 18.4. The molecular formula is C20H23ClN2O2S. The summed E-state index contributed by atoms with van der Waals surface area (Å²) in [7, 11) is 0. The van der Waals surface area contributed by atoms with Crippen molar-refractivity contribution in [1.82, 2.24) is 10.6 Å². The van der Waals surface area contributed by atoms with E-state index < -0.39 is 0 Å². The molecule has 1 aromatic heterocycles. The van der Waals surface area contributed by atoms with Gasteiger partial charge in [-0.2, -0.15) is 0 Å². The molecule has 2 amide bonds. The predicted molar refractivity (Wildman–Crippen MR) is 106 cm³/mol. The summed E-state index contributed by atoms with van der Waals surface area (Å²) in [5, 5.41) is 8.43. The maximum Gasteiger partial charge on any atom is 0.239 e. The van der Waals surface area contributed by atoms with Crippen molar-refractivity contribution in [2.45, 2.75) is 37.5 Å². The largest absolute Gasteiger partial charge is 0.354 e. The Morgan fingerprint density at radius 2 is 1.77 bits per heavy atom. The summed E-state index contributed by atoms with van der Waals surface area (Å²) in [5.41, 5.74) is 0.937. The fraction of sp³-hybridized carbons (Fsp3) is 0.400. The first-order valence-corrected chi connectivity index (χ1v) is 10.1. The van der Waals surface area contributed by atoms with E-state index in [1.165, 1.54) is 17.7 Å². The van der Waals surface area contributed by atoms with Gasteiger partial charge in [0.05, 0.1) is 13.0 Å². The molecule has 1 saturated carbocycles. The van der Waals surface area contributed by atoms with Crippen molar-refractivity contribution in [3.8, 4) is 0 Å². The second kappa shape index (κ2) is 8.69. The Labute approximate surface area is 162 Å². The quantitative estimate of drug-likeness (QED) is 0.757. The van der Waals surface area contributed by atoms with Crippen molar-refractivity contribution >= 4 is 34.8 Å². The van der Waals surface area contributed by atoms with Crippen molar-refractivity contribution in [3.05, 3.63) is 57.2 Å². The van der Waals surface area contributed by atoms with Gasteiger partial charge >= 0.3 is 0 Å². The number of hydrogen-bond donors (Lipinski definition) is 2. The van der Waals surface area contributed by atoms with Crippen LogP contribution in [-0.4, -0.2) is 24.9 Å². The molecule has 1 aliphatic carbocycles. The average Bonchev–Trinajstić information content (AvgIpc) is 3.32. The summed E-state index contributed by atoms with van der Waals surface area (Å²) in [6.45, 7) is 0.645. The van der Waals surface area contributed by atoms with Gasteiger partial charge in [-0.25, -0.2) is 0 Å². The summed E-state index contributed by atoms with van der Waals surface area (Å²) < 4.78 is 0. The van der Waals surface area contributed by atoms with E-state index >= 15 is 0 Å². The highest BCUT2D eigenvalue weighted by molar-refractivity contribution is 7.10. The smallest absolute Gasteiger partial charge is 0.239 e. The minimum atomic E-state index is -0.170. The lowest BCUT2D eigenvalue weighted by Gasteiger charge is -2.28. The highest BCUT2D eigenvalue weighted by atomic mass is 35.5. The topological polar surface area (TPSA) is 58.2 Å². The van der Waals surface area contributed by atoms with Crippen LogP contribution < -0.4 is 10.6 Å². The maximum atomic E-state index is 12.2. The molecule has 0 aliphatic heterocycles. The van der Waals surface area contributed by atoms with Crippen LogP contribution in [0.1, 0.15) is 36.1 Å². The average molecular weight is 391 g/mol. The third-order valence-electron chi connectivity index (χ3n) is 4.95. The molecule has 1 heterocycles. The van der Waals surface area contributed by atoms with E-state index in [9.17, 15) is 9.59 Å². The highest BCUT2D eigenvalue weighted by Crippen LogP contribution is 2.42. The molecule has 0 unspecified atom stereocenters. The Bertz CT molecular complexity index is 738. The van der Waals surface area contributed by atoms with Gasteiger partial charge in [0.2, 0.25) is 11.8 Å². The number of carbonyl (C=O) groups excluding carboxylic acids is 2. The van der Waals surface area contributed by atoms with E-state index in [1.807, 2.05) is 12.1 Å². The monoisotopic (exact) mass is 390 g/mol. The number of halogens is 1. The van der Waals surface area contributed by atoms with Crippen LogP contribution in [0.4, 0.5) is 0 Å². The molecule has 0 bridgehead atoms. The van der Waals surface area contributed by atoms with E-state index in [0.29, 0.717) is 11.6 Å². The number of rotatable bonds is 7. The van der Waals surface area contributed by atoms with Crippen LogP contribution in [0.25, 0.3) is 0 Å². The number of benzene rings is 1. The zero-order valence-electron chi connectivity index (χ0n) is 14.6. The molecular weight excluding hydrogens is 368 g/mol. The first-order chi connectivity index (χ1) is 12.6. The van der Waals surface area contributed by atoms with E-state index in [0.717, 1.165) is 18.4 Å². The molecule has 26 heavy (non-hydrogen) atoms. The number of amides is 2. The van der Waals surface area contributed by atoms with E-state index in [2.05, 4.69) is 28.1 Å². The zero-order valence-corrected chi connectivity index (χ0v) is 16.2. The molecule has 138 valence electrons. The number of carbonyl (C=O) groups is 2. The lowest BCUT2D eigenvalue weighted by atomic mass is 9.84. The van der Waals surface area contributed by atoms with Gasteiger partial charge < -0.3 is 10.6 Å². The number of nitrogens with one attached hydrogen (secondary N) is 2. The van der Waals surface area contributed by atoms with Gasteiger partial charge in [-0.15, -0.1) is 11.3 Å². The van der Waals surface area contributed by atoms with Crippen molar-refractivity contribution in [3.63, 3.8) is 0 Å². The number of hydrogen-bond acceptors (Lipinski definition) is 3. The van der Waals surface area contributed by atoms with Crippen LogP contribution in [0.15, 0.2) is 41.8 Å². The molecule has 1 aromatic carbocycles. The minimum Gasteiger partial charge on any atom is -0.354 e. The van der Waals surface area contributed by atoms with E-state index in [-0.39, 0.29) is 30.2 Å². The fourth-order valence-corrected chi connectivity index (χ4v) is 4.61. The van der Waals surface area contributed by atoms with Crippen LogP contribution in [0.2, 0.25) is 5.02 Å². The van der Waals surface area contributed by atoms with Gasteiger partial charge in [-0.3, -0.25) is 9.59 Å². The van der Waals surface area contributed by atoms with Crippen LogP contribution in [0.5, 0.6) is 0 Å². The molecule has 0 spiro atoms. The molecule has 3 rings (SSSR count). The number of thiophene rings is 1. The van der Waals surface area contributed by atoms with Crippen LogP contribution >= 0.6 is 22.9 Å². The van der Waals surface area contributed by atoms with Gasteiger partial charge in [-0.05, 0) is 42.0 Å². The van der Waals surface area contributed by atoms with Crippen molar-refractivity contribution in [1.29, 1.82) is 0 Å². The van der Waals surface area contributed by atoms with Gasteiger partial charge in [0.25, 0.3) is 0 Å². The van der Waals surface area contributed by atoms with Gasteiger partial charge in [0.1, 0.15) is 0 Å². The summed E-state index contributed by atoms with van der Waals surface area (Å²) in [6, 6.07) is 11.4. The lowest BCUT2D eigenvalue weighted by Crippen LogP contribution is -2.43. The fourth-order valence-electron chi connectivity index (χ4n) is 3.50. The van der Waals surface area contributed by atoms with Gasteiger partial charge in [0, 0.05) is 21.9 Å². The highest BCUT2D eigenvalue weighted by Gasteiger charge is 2.36. The summed E-state index contributed by atoms with van der Waals surface area (Å²) in [6.07, 6.45) is 4.86. The summed E-state index contributed by atoms with van der Waals surface area (Å²) in [5.74, 6) is -0.311. The molecule has 0 radical (unpaired) electrons. The second-order valence-corrected chi connectivity index (χ2v) is 8.21. The minimum absolute atomic E-state index is 0.00689. The van der Waals surface area contributed by atoms with Crippen molar-refractivity contribution < 1.29 is 9.59 Å². The Kier molecular flexibility index (Phi) is 6.33. The van der Waals surface area contributed by atoms with Gasteiger partial charge in [-0.1, -0.05) is 42.6 Å². The lowest BCUT2D eigenvalue weighted by molar-refractivity contribution is -0.125. The Morgan fingerprint density at radius 1 is 1.04 bits per heavy atom. The third kappa shape index (κ3) is 4.86. The second-order valence-electron chi connectivity index (χ2n) is 6.82. The van der Waals surface area contributed by atoms with E-state index in [4.69, 9.17) is 11.6 Å². The maximum absolute atomic E-state index is 12.2.